The fourth-order valence-electron chi connectivity index (χ4n) is 2.42. The third-order valence-corrected chi connectivity index (χ3v) is 3.73. The largest absolute Gasteiger partial charge is 0.370 e. The van der Waals surface area contributed by atoms with Crippen LogP contribution in [-0.4, -0.2) is 7.05 Å². The number of aryl methyl sites for hydroxylation is 1. The summed E-state index contributed by atoms with van der Waals surface area (Å²) in [5.74, 6) is 0. The first-order valence-corrected chi connectivity index (χ1v) is 7.23. The van der Waals surface area contributed by atoms with Crippen LogP contribution in [-0.2, 0) is 6.54 Å². The molecule has 2 aromatic rings. The zero-order valence-electron chi connectivity index (χ0n) is 12.6. The van der Waals surface area contributed by atoms with Gasteiger partial charge in [-0.15, -0.1) is 0 Å². The Bertz CT molecular complexity index is 546. The smallest absolute Gasteiger partial charge is 0.0426 e. The van der Waals surface area contributed by atoms with E-state index >= 15 is 0 Å². The minimum absolute atomic E-state index is 0.103. The van der Waals surface area contributed by atoms with Gasteiger partial charge in [0.2, 0.25) is 0 Å². The first-order chi connectivity index (χ1) is 9.61. The van der Waals surface area contributed by atoms with E-state index in [1.54, 1.807) is 0 Å². The third-order valence-electron chi connectivity index (χ3n) is 3.73. The Morgan fingerprint density at radius 1 is 1.05 bits per heavy atom. The lowest BCUT2D eigenvalue weighted by atomic mass is 10.0. The summed E-state index contributed by atoms with van der Waals surface area (Å²) in [7, 11) is 2.13. The van der Waals surface area contributed by atoms with Crippen LogP contribution >= 0.6 is 0 Å². The van der Waals surface area contributed by atoms with E-state index in [4.69, 9.17) is 5.73 Å². The molecule has 2 aromatic carbocycles. The lowest BCUT2D eigenvalue weighted by molar-refractivity contribution is 0.694. The maximum absolute atomic E-state index is 6.22. The molecule has 2 rings (SSSR count). The average Bonchev–Trinajstić information content (AvgIpc) is 2.48. The summed E-state index contributed by atoms with van der Waals surface area (Å²) >= 11 is 0. The SMILES string of the molecule is CCC(N)c1ccccc1N(C)Cc1ccc(C)cc1. The second-order valence-electron chi connectivity index (χ2n) is 5.42. The van der Waals surface area contributed by atoms with Gasteiger partial charge >= 0.3 is 0 Å². The molecule has 0 aromatic heterocycles. The lowest BCUT2D eigenvalue weighted by Crippen LogP contribution is -2.20. The number of nitrogens with zero attached hydrogens (tertiary/aromatic N) is 1. The Morgan fingerprint density at radius 2 is 1.70 bits per heavy atom. The first kappa shape index (κ1) is 14.6. The van der Waals surface area contributed by atoms with Gasteiger partial charge in [-0.25, -0.2) is 0 Å². The van der Waals surface area contributed by atoms with Crippen molar-refractivity contribution in [1.82, 2.24) is 0 Å². The molecule has 106 valence electrons. The molecule has 0 aliphatic carbocycles. The number of benzene rings is 2. The summed E-state index contributed by atoms with van der Waals surface area (Å²) in [4.78, 5) is 2.27. The highest BCUT2D eigenvalue weighted by Crippen LogP contribution is 2.27. The molecule has 2 heteroatoms. The van der Waals surface area contributed by atoms with E-state index in [1.165, 1.54) is 22.4 Å². The second kappa shape index (κ2) is 6.58. The van der Waals surface area contributed by atoms with Crippen LogP contribution < -0.4 is 10.6 Å². The summed E-state index contributed by atoms with van der Waals surface area (Å²) in [5, 5.41) is 0. The minimum atomic E-state index is 0.103. The topological polar surface area (TPSA) is 29.3 Å². The van der Waals surface area contributed by atoms with Gasteiger partial charge in [-0.3, -0.25) is 0 Å². The lowest BCUT2D eigenvalue weighted by Gasteiger charge is -2.25. The van der Waals surface area contributed by atoms with E-state index in [0.29, 0.717) is 0 Å². The summed E-state index contributed by atoms with van der Waals surface area (Å²) in [5.41, 5.74) is 11.3. The zero-order valence-corrected chi connectivity index (χ0v) is 12.6. The normalized spacial score (nSPS) is 12.2. The molecule has 0 saturated carbocycles. The molecular formula is C18H24N2. The van der Waals surface area contributed by atoms with E-state index in [9.17, 15) is 0 Å². The Labute approximate surface area is 122 Å². The van der Waals surface area contributed by atoms with E-state index in [1.807, 2.05) is 0 Å². The van der Waals surface area contributed by atoms with Gasteiger partial charge < -0.3 is 10.6 Å². The van der Waals surface area contributed by atoms with Gasteiger partial charge in [0.05, 0.1) is 0 Å². The molecule has 2 nitrogen and oxygen atoms in total. The van der Waals surface area contributed by atoms with Crippen LogP contribution in [0.25, 0.3) is 0 Å². The zero-order chi connectivity index (χ0) is 14.5. The Kier molecular flexibility index (Phi) is 4.80. The number of para-hydroxylation sites is 1. The quantitative estimate of drug-likeness (QED) is 0.886. The predicted molar refractivity (Wildman–Crippen MR) is 86.9 cm³/mol. The number of hydrogen-bond acceptors (Lipinski definition) is 2. The number of hydrogen-bond donors (Lipinski definition) is 1. The number of anilines is 1. The van der Waals surface area contributed by atoms with Crippen molar-refractivity contribution in [3.05, 3.63) is 65.2 Å². The van der Waals surface area contributed by atoms with Gasteiger partial charge in [-0.1, -0.05) is 55.0 Å². The van der Waals surface area contributed by atoms with Gasteiger partial charge in [0.25, 0.3) is 0 Å². The predicted octanol–water partition coefficient (Wildman–Crippen LogP) is 4.04. The Balaban J connectivity index is 2.20. The van der Waals surface area contributed by atoms with Crippen LogP contribution in [0.15, 0.2) is 48.5 Å². The monoisotopic (exact) mass is 268 g/mol. The molecule has 0 saturated heterocycles. The van der Waals surface area contributed by atoms with Gasteiger partial charge in [0, 0.05) is 25.3 Å². The number of rotatable bonds is 5. The van der Waals surface area contributed by atoms with Crippen LogP contribution in [0.3, 0.4) is 0 Å². The average molecular weight is 268 g/mol. The molecule has 0 aliphatic rings. The van der Waals surface area contributed by atoms with Gasteiger partial charge in [-0.2, -0.15) is 0 Å². The molecule has 0 bridgehead atoms. The molecule has 20 heavy (non-hydrogen) atoms. The Hall–Kier alpha value is -1.80. The van der Waals surface area contributed by atoms with Gasteiger partial charge in [0.15, 0.2) is 0 Å². The van der Waals surface area contributed by atoms with Crippen molar-refractivity contribution in [2.75, 3.05) is 11.9 Å². The highest BCUT2D eigenvalue weighted by Gasteiger charge is 2.12. The standard InChI is InChI=1S/C18H24N2/c1-4-17(19)16-7-5-6-8-18(16)20(3)13-15-11-9-14(2)10-12-15/h5-12,17H,4,13,19H2,1-3H3. The van der Waals surface area contributed by atoms with Crippen molar-refractivity contribution >= 4 is 5.69 Å². The fraction of sp³-hybridized carbons (Fsp3) is 0.333. The van der Waals surface area contributed by atoms with Crippen molar-refractivity contribution in [3.63, 3.8) is 0 Å². The number of nitrogens with two attached hydrogens (primary N) is 1. The minimum Gasteiger partial charge on any atom is -0.370 e. The van der Waals surface area contributed by atoms with E-state index in [-0.39, 0.29) is 6.04 Å². The molecule has 2 N–H and O–H groups in total. The van der Waals surface area contributed by atoms with Crippen LogP contribution in [0.4, 0.5) is 5.69 Å². The van der Waals surface area contributed by atoms with Crippen LogP contribution in [0.1, 0.15) is 36.1 Å². The summed E-state index contributed by atoms with van der Waals surface area (Å²) in [6.45, 7) is 5.14. The highest BCUT2D eigenvalue weighted by atomic mass is 15.1. The molecule has 0 amide bonds. The molecule has 0 heterocycles. The van der Waals surface area contributed by atoms with Crippen molar-refractivity contribution in [3.8, 4) is 0 Å². The van der Waals surface area contributed by atoms with Gasteiger partial charge in [0.1, 0.15) is 0 Å². The molecular weight excluding hydrogens is 244 g/mol. The molecule has 1 unspecified atom stereocenters. The van der Waals surface area contributed by atoms with E-state index in [0.717, 1.165) is 13.0 Å². The van der Waals surface area contributed by atoms with Crippen molar-refractivity contribution < 1.29 is 0 Å². The molecule has 1 atom stereocenters. The van der Waals surface area contributed by atoms with Crippen LogP contribution in [0.2, 0.25) is 0 Å². The van der Waals surface area contributed by atoms with Crippen molar-refractivity contribution in [1.29, 1.82) is 0 Å². The Morgan fingerprint density at radius 3 is 2.35 bits per heavy atom. The highest BCUT2D eigenvalue weighted by molar-refractivity contribution is 5.54. The molecule has 0 radical (unpaired) electrons. The maximum Gasteiger partial charge on any atom is 0.0426 e. The third kappa shape index (κ3) is 3.40. The summed E-state index contributed by atoms with van der Waals surface area (Å²) in [6.07, 6.45) is 0.954. The van der Waals surface area contributed by atoms with Crippen molar-refractivity contribution in [2.45, 2.75) is 32.9 Å². The van der Waals surface area contributed by atoms with E-state index in [2.05, 4.69) is 74.3 Å². The second-order valence-corrected chi connectivity index (χ2v) is 5.42. The van der Waals surface area contributed by atoms with Crippen molar-refractivity contribution in [2.24, 2.45) is 5.73 Å². The summed E-state index contributed by atoms with van der Waals surface area (Å²) in [6, 6.07) is 17.2. The molecule has 0 aliphatic heterocycles. The van der Waals surface area contributed by atoms with Crippen LogP contribution in [0.5, 0.6) is 0 Å². The maximum atomic E-state index is 6.22. The summed E-state index contributed by atoms with van der Waals surface area (Å²) < 4.78 is 0. The molecule has 0 spiro atoms. The van der Waals surface area contributed by atoms with Crippen LogP contribution in [0, 0.1) is 6.92 Å². The fourth-order valence-corrected chi connectivity index (χ4v) is 2.42. The molecule has 0 fully saturated rings. The van der Waals surface area contributed by atoms with Gasteiger partial charge in [-0.05, 0) is 30.5 Å². The first-order valence-electron chi connectivity index (χ1n) is 7.23. The van der Waals surface area contributed by atoms with E-state index < -0.39 is 0 Å².